The first-order valence-corrected chi connectivity index (χ1v) is 13.7. The fourth-order valence-electron chi connectivity index (χ4n) is 6.29. The smallest absolute Gasteiger partial charge is 0.319 e. The largest absolute Gasteiger partial charge is 0.508 e. The van der Waals surface area contributed by atoms with Crippen molar-refractivity contribution in [2.24, 2.45) is 0 Å². The van der Waals surface area contributed by atoms with Crippen LogP contribution in [0.25, 0.3) is 32.8 Å². The number of aromatic hydroxyl groups is 1. The Labute approximate surface area is 226 Å². The van der Waals surface area contributed by atoms with Gasteiger partial charge in [-0.05, 0) is 61.0 Å². The van der Waals surface area contributed by atoms with E-state index in [0.717, 1.165) is 30.2 Å². The number of piperazine rings is 1. The predicted octanol–water partition coefficient (Wildman–Crippen LogP) is 3.94. The van der Waals surface area contributed by atoms with Crippen LogP contribution in [0.2, 0.25) is 0 Å². The Bertz CT molecular complexity index is 1540. The monoisotopic (exact) mass is 529 g/mol. The van der Waals surface area contributed by atoms with E-state index in [1.54, 1.807) is 18.2 Å². The van der Waals surface area contributed by atoms with E-state index in [2.05, 4.69) is 27.1 Å². The van der Waals surface area contributed by atoms with Crippen LogP contribution in [-0.4, -0.2) is 84.6 Å². The SMILES string of the molecule is CN1CCC[C@H]1COc1nc(N2CC3COCC(C2)N3)c2ccc(-c3cc(O)cc4ccccc34)c(F)c2n1. The number of hydrogen-bond donors (Lipinski definition) is 2. The Morgan fingerprint density at radius 2 is 1.87 bits per heavy atom. The maximum absolute atomic E-state index is 16.5. The lowest BCUT2D eigenvalue weighted by Crippen LogP contribution is -2.63. The average Bonchev–Trinajstić information content (AvgIpc) is 3.35. The summed E-state index contributed by atoms with van der Waals surface area (Å²) < 4.78 is 28.4. The highest BCUT2D eigenvalue weighted by Gasteiger charge is 2.33. The minimum absolute atomic E-state index is 0.0888. The number of ether oxygens (including phenoxy) is 2. The highest BCUT2D eigenvalue weighted by atomic mass is 19.1. The van der Waals surface area contributed by atoms with Crippen LogP contribution >= 0.6 is 0 Å². The summed E-state index contributed by atoms with van der Waals surface area (Å²) in [5.74, 6) is 0.318. The van der Waals surface area contributed by atoms with Gasteiger partial charge in [0.05, 0.1) is 13.2 Å². The second-order valence-electron chi connectivity index (χ2n) is 11.0. The molecule has 3 aliphatic heterocycles. The third-order valence-corrected chi connectivity index (χ3v) is 8.27. The molecule has 4 heterocycles. The van der Waals surface area contributed by atoms with Crippen molar-refractivity contribution >= 4 is 27.5 Å². The summed E-state index contributed by atoms with van der Waals surface area (Å²) in [5, 5.41) is 16.4. The van der Waals surface area contributed by atoms with Crippen molar-refractivity contribution < 1.29 is 19.0 Å². The number of aromatic nitrogens is 2. The number of morpholine rings is 1. The van der Waals surface area contributed by atoms with Gasteiger partial charge >= 0.3 is 6.01 Å². The minimum atomic E-state index is -0.451. The van der Waals surface area contributed by atoms with Crippen LogP contribution in [0.5, 0.6) is 11.8 Å². The molecule has 2 bridgehead atoms. The molecule has 3 fully saturated rings. The summed E-state index contributed by atoms with van der Waals surface area (Å²) in [4.78, 5) is 14.0. The summed E-state index contributed by atoms with van der Waals surface area (Å²) in [6.45, 7) is 4.18. The van der Waals surface area contributed by atoms with E-state index in [1.165, 1.54) is 0 Å². The normalized spacial score (nSPS) is 23.5. The predicted molar refractivity (Wildman–Crippen MR) is 149 cm³/mol. The third kappa shape index (κ3) is 4.54. The molecule has 0 aliphatic carbocycles. The summed E-state index contributed by atoms with van der Waals surface area (Å²) >= 11 is 0. The lowest BCUT2D eigenvalue weighted by molar-refractivity contribution is 0.0374. The molecule has 3 aliphatic rings. The number of nitrogens with zero attached hydrogens (tertiary/aromatic N) is 4. The number of anilines is 1. The molecule has 8 nitrogen and oxygen atoms in total. The number of phenolic OH excluding ortho intramolecular Hbond substituents is 1. The van der Waals surface area contributed by atoms with Crippen LogP contribution in [0.1, 0.15) is 12.8 Å². The molecule has 202 valence electrons. The molecule has 3 saturated heterocycles. The first-order valence-electron chi connectivity index (χ1n) is 13.7. The number of likely N-dealkylation sites (tertiary alicyclic amines) is 1. The zero-order chi connectivity index (χ0) is 26.5. The molecule has 2 N–H and O–H groups in total. The van der Waals surface area contributed by atoms with Gasteiger partial charge in [-0.2, -0.15) is 9.97 Å². The van der Waals surface area contributed by atoms with Gasteiger partial charge in [0, 0.05) is 42.2 Å². The van der Waals surface area contributed by atoms with E-state index in [0.29, 0.717) is 61.3 Å². The van der Waals surface area contributed by atoms with E-state index >= 15 is 4.39 Å². The molecule has 3 aromatic carbocycles. The number of fused-ring (bicyclic) bond motifs is 4. The van der Waals surface area contributed by atoms with Gasteiger partial charge in [-0.1, -0.05) is 30.3 Å². The topological polar surface area (TPSA) is 83.0 Å². The fraction of sp³-hybridized carbons (Fsp3) is 0.400. The maximum Gasteiger partial charge on any atom is 0.319 e. The molecule has 4 aromatic rings. The van der Waals surface area contributed by atoms with Gasteiger partial charge in [-0.25, -0.2) is 4.39 Å². The molecular formula is C30H32FN5O3. The zero-order valence-electron chi connectivity index (χ0n) is 21.9. The summed E-state index contributed by atoms with van der Waals surface area (Å²) in [5.41, 5.74) is 1.22. The van der Waals surface area contributed by atoms with Crippen molar-refractivity contribution in [1.82, 2.24) is 20.2 Å². The lowest BCUT2D eigenvalue weighted by Gasteiger charge is -2.43. The number of likely N-dealkylation sites (N-methyl/N-ethyl adjacent to an activating group) is 1. The maximum atomic E-state index is 16.5. The van der Waals surface area contributed by atoms with Crippen LogP contribution in [-0.2, 0) is 4.74 Å². The molecular weight excluding hydrogens is 497 g/mol. The van der Waals surface area contributed by atoms with Crippen LogP contribution in [0.15, 0.2) is 48.5 Å². The van der Waals surface area contributed by atoms with E-state index in [4.69, 9.17) is 14.5 Å². The number of nitrogens with one attached hydrogen (secondary N) is 1. The molecule has 0 radical (unpaired) electrons. The van der Waals surface area contributed by atoms with E-state index in [1.807, 2.05) is 30.3 Å². The van der Waals surface area contributed by atoms with Crippen molar-refractivity contribution in [3.63, 3.8) is 0 Å². The Hall–Kier alpha value is -3.53. The van der Waals surface area contributed by atoms with Crippen LogP contribution in [0, 0.1) is 5.82 Å². The van der Waals surface area contributed by atoms with Crippen molar-refractivity contribution in [2.45, 2.75) is 31.0 Å². The van der Waals surface area contributed by atoms with Gasteiger partial charge in [-0.15, -0.1) is 0 Å². The molecule has 0 spiro atoms. The highest BCUT2D eigenvalue weighted by molar-refractivity contribution is 6.01. The quantitative estimate of drug-likeness (QED) is 0.402. The van der Waals surface area contributed by atoms with Crippen LogP contribution in [0.3, 0.4) is 0 Å². The number of benzene rings is 3. The van der Waals surface area contributed by atoms with E-state index in [9.17, 15) is 5.11 Å². The van der Waals surface area contributed by atoms with Gasteiger partial charge in [0.15, 0.2) is 5.82 Å². The van der Waals surface area contributed by atoms with Crippen molar-refractivity contribution in [1.29, 1.82) is 0 Å². The third-order valence-electron chi connectivity index (χ3n) is 8.27. The van der Waals surface area contributed by atoms with Gasteiger partial charge in [0.25, 0.3) is 0 Å². The molecule has 0 amide bonds. The number of hydrogen-bond acceptors (Lipinski definition) is 8. The van der Waals surface area contributed by atoms with Crippen molar-refractivity contribution in [3.05, 3.63) is 54.3 Å². The molecule has 0 saturated carbocycles. The Morgan fingerprint density at radius 1 is 1.05 bits per heavy atom. The van der Waals surface area contributed by atoms with Crippen molar-refractivity contribution in [3.8, 4) is 22.9 Å². The molecule has 39 heavy (non-hydrogen) atoms. The van der Waals surface area contributed by atoms with E-state index in [-0.39, 0.29) is 29.4 Å². The van der Waals surface area contributed by atoms with Gasteiger partial charge in [0.2, 0.25) is 0 Å². The van der Waals surface area contributed by atoms with Crippen LogP contribution in [0.4, 0.5) is 10.2 Å². The standard InChI is InChI=1S/C30H32FN5O3/c1-35-10-4-6-21(35)17-39-30-33-28-25(29(34-30)36-13-19-15-38-16-20(14-36)32-19)9-8-24(27(28)31)26-12-22(37)11-18-5-2-3-7-23(18)26/h2-3,5,7-9,11-12,19-21,32,37H,4,6,10,13-17H2,1H3/t19?,20?,21-/m0/s1. The van der Waals surface area contributed by atoms with Gasteiger partial charge < -0.3 is 29.7 Å². The average molecular weight is 530 g/mol. The first kappa shape index (κ1) is 24.5. The first-order chi connectivity index (χ1) is 19.0. The second kappa shape index (κ2) is 9.89. The Morgan fingerprint density at radius 3 is 2.67 bits per heavy atom. The summed E-state index contributed by atoms with van der Waals surface area (Å²) in [7, 11) is 2.10. The fourth-order valence-corrected chi connectivity index (χ4v) is 6.29. The number of halogens is 1. The van der Waals surface area contributed by atoms with Gasteiger partial charge in [0.1, 0.15) is 23.7 Å². The Kier molecular flexibility index (Phi) is 6.22. The molecule has 3 atom stereocenters. The second-order valence-corrected chi connectivity index (χ2v) is 11.0. The number of rotatable bonds is 5. The number of phenols is 1. The lowest BCUT2D eigenvalue weighted by atomic mass is 9.96. The molecule has 7 rings (SSSR count). The summed E-state index contributed by atoms with van der Waals surface area (Å²) in [6, 6.07) is 15.5. The Balaban J connectivity index is 1.35. The zero-order valence-corrected chi connectivity index (χ0v) is 21.9. The molecule has 2 unspecified atom stereocenters. The highest BCUT2D eigenvalue weighted by Crippen LogP contribution is 2.38. The van der Waals surface area contributed by atoms with Crippen molar-refractivity contribution in [2.75, 3.05) is 51.4 Å². The summed E-state index contributed by atoms with van der Waals surface area (Å²) in [6.07, 6.45) is 2.19. The van der Waals surface area contributed by atoms with Gasteiger partial charge in [-0.3, -0.25) is 0 Å². The minimum Gasteiger partial charge on any atom is -0.508 e. The molecule has 1 aromatic heterocycles. The molecule has 9 heteroatoms. The van der Waals surface area contributed by atoms with Crippen LogP contribution < -0.4 is 15.0 Å². The van der Waals surface area contributed by atoms with E-state index < -0.39 is 5.82 Å².